The topological polar surface area (TPSA) is 55.4 Å². The van der Waals surface area contributed by atoms with Gasteiger partial charge in [-0.15, -0.1) is 0 Å². The normalized spacial score (nSPS) is 15.9. The fourth-order valence-corrected chi connectivity index (χ4v) is 3.04. The SMILES string of the molecule is CCc1cc(S(=O)(=O)NC2CC2)ccc1OC. The van der Waals surface area contributed by atoms with Crippen LogP contribution in [0, 0.1) is 0 Å². The van der Waals surface area contributed by atoms with Crippen LogP contribution in [0.25, 0.3) is 0 Å². The second-order valence-electron chi connectivity index (χ2n) is 4.22. The smallest absolute Gasteiger partial charge is 0.240 e. The van der Waals surface area contributed by atoms with Gasteiger partial charge < -0.3 is 4.74 Å². The number of sulfonamides is 1. The summed E-state index contributed by atoms with van der Waals surface area (Å²) in [7, 11) is -1.77. The molecule has 1 aliphatic carbocycles. The number of benzene rings is 1. The molecule has 0 aliphatic heterocycles. The summed E-state index contributed by atoms with van der Waals surface area (Å²) in [5, 5.41) is 0. The van der Waals surface area contributed by atoms with Gasteiger partial charge in [0.25, 0.3) is 0 Å². The number of nitrogens with one attached hydrogen (secondary N) is 1. The lowest BCUT2D eigenvalue weighted by molar-refractivity contribution is 0.409. The molecule has 2 rings (SSSR count). The van der Waals surface area contributed by atoms with Gasteiger partial charge >= 0.3 is 0 Å². The zero-order valence-electron chi connectivity index (χ0n) is 10.1. The summed E-state index contributed by atoms with van der Waals surface area (Å²) in [5.41, 5.74) is 0.908. The number of rotatable bonds is 5. The minimum atomic E-state index is -3.36. The van der Waals surface area contributed by atoms with Gasteiger partial charge in [0.2, 0.25) is 10.0 Å². The second kappa shape index (κ2) is 4.66. The largest absolute Gasteiger partial charge is 0.496 e. The van der Waals surface area contributed by atoms with Crippen molar-refractivity contribution in [1.82, 2.24) is 4.72 Å². The Hall–Kier alpha value is -1.07. The van der Waals surface area contributed by atoms with Gasteiger partial charge in [-0.3, -0.25) is 0 Å². The van der Waals surface area contributed by atoms with Crippen molar-refractivity contribution in [2.75, 3.05) is 7.11 Å². The van der Waals surface area contributed by atoms with Crippen molar-refractivity contribution in [2.45, 2.75) is 37.1 Å². The predicted octanol–water partition coefficient (Wildman–Crippen LogP) is 1.70. The molecule has 1 fully saturated rings. The lowest BCUT2D eigenvalue weighted by atomic mass is 10.1. The minimum Gasteiger partial charge on any atom is -0.496 e. The Morgan fingerprint density at radius 2 is 2.12 bits per heavy atom. The molecule has 94 valence electrons. The Morgan fingerprint density at radius 1 is 1.41 bits per heavy atom. The van der Waals surface area contributed by atoms with Gasteiger partial charge in [0, 0.05) is 6.04 Å². The van der Waals surface area contributed by atoms with Crippen LogP contribution in [0.1, 0.15) is 25.3 Å². The van der Waals surface area contributed by atoms with Gasteiger partial charge in [0.1, 0.15) is 5.75 Å². The van der Waals surface area contributed by atoms with Gasteiger partial charge in [-0.25, -0.2) is 13.1 Å². The molecular formula is C12H17NO3S. The summed E-state index contributed by atoms with van der Waals surface area (Å²) in [6.07, 6.45) is 2.63. The first kappa shape index (κ1) is 12.4. The predicted molar refractivity (Wildman–Crippen MR) is 65.7 cm³/mol. The Kier molecular flexibility index (Phi) is 3.40. The van der Waals surface area contributed by atoms with Gasteiger partial charge in [-0.05, 0) is 43.0 Å². The first-order chi connectivity index (χ1) is 8.06. The van der Waals surface area contributed by atoms with E-state index in [0.717, 1.165) is 30.6 Å². The summed E-state index contributed by atoms with van der Waals surface area (Å²) in [5.74, 6) is 0.734. The van der Waals surface area contributed by atoms with Crippen molar-refractivity contribution < 1.29 is 13.2 Å². The monoisotopic (exact) mass is 255 g/mol. The van der Waals surface area contributed by atoms with Crippen molar-refractivity contribution in [3.63, 3.8) is 0 Å². The molecule has 0 saturated heterocycles. The third kappa shape index (κ3) is 2.79. The van der Waals surface area contributed by atoms with E-state index in [1.165, 1.54) is 0 Å². The van der Waals surface area contributed by atoms with Crippen LogP contribution in [0.3, 0.4) is 0 Å². The van der Waals surface area contributed by atoms with Crippen molar-refractivity contribution in [1.29, 1.82) is 0 Å². The quantitative estimate of drug-likeness (QED) is 0.871. The molecule has 0 bridgehead atoms. The molecule has 1 aliphatic rings. The maximum atomic E-state index is 12.0. The van der Waals surface area contributed by atoms with Gasteiger partial charge in [-0.2, -0.15) is 0 Å². The molecule has 0 radical (unpaired) electrons. The summed E-state index contributed by atoms with van der Waals surface area (Å²) in [4.78, 5) is 0.321. The average Bonchev–Trinajstić information content (AvgIpc) is 3.11. The average molecular weight is 255 g/mol. The van der Waals surface area contributed by atoms with E-state index < -0.39 is 10.0 Å². The van der Waals surface area contributed by atoms with Crippen LogP contribution in [-0.2, 0) is 16.4 Å². The highest BCUT2D eigenvalue weighted by Crippen LogP contribution is 2.25. The highest BCUT2D eigenvalue weighted by Gasteiger charge is 2.28. The Balaban J connectivity index is 2.31. The highest BCUT2D eigenvalue weighted by atomic mass is 32.2. The minimum absolute atomic E-state index is 0.132. The second-order valence-corrected chi connectivity index (χ2v) is 5.94. The molecule has 1 aromatic rings. The van der Waals surface area contributed by atoms with E-state index in [1.54, 1.807) is 25.3 Å². The zero-order chi connectivity index (χ0) is 12.5. The van der Waals surface area contributed by atoms with E-state index in [2.05, 4.69) is 4.72 Å². The number of hydrogen-bond donors (Lipinski definition) is 1. The van der Waals surface area contributed by atoms with Crippen molar-refractivity contribution in [3.05, 3.63) is 23.8 Å². The number of methoxy groups -OCH3 is 1. The lowest BCUT2D eigenvalue weighted by Crippen LogP contribution is -2.25. The number of ether oxygens (including phenoxy) is 1. The van der Waals surface area contributed by atoms with Gasteiger partial charge in [0.15, 0.2) is 0 Å². The van der Waals surface area contributed by atoms with Crippen LogP contribution in [0.2, 0.25) is 0 Å². The zero-order valence-corrected chi connectivity index (χ0v) is 10.9. The standard InChI is InChI=1S/C12H17NO3S/c1-3-9-8-11(6-7-12(9)16-2)17(14,15)13-10-4-5-10/h6-8,10,13H,3-5H2,1-2H3. The highest BCUT2D eigenvalue weighted by molar-refractivity contribution is 7.89. The fourth-order valence-electron chi connectivity index (χ4n) is 1.69. The number of hydrogen-bond acceptors (Lipinski definition) is 3. The maximum Gasteiger partial charge on any atom is 0.240 e. The molecule has 5 heteroatoms. The summed E-state index contributed by atoms with van der Waals surface area (Å²) in [6.45, 7) is 1.97. The summed E-state index contributed by atoms with van der Waals surface area (Å²) >= 11 is 0. The number of aryl methyl sites for hydroxylation is 1. The van der Waals surface area contributed by atoms with Crippen molar-refractivity contribution >= 4 is 10.0 Å². The van der Waals surface area contributed by atoms with Gasteiger partial charge in [-0.1, -0.05) is 6.92 Å². The molecule has 1 N–H and O–H groups in total. The molecule has 17 heavy (non-hydrogen) atoms. The van der Waals surface area contributed by atoms with Crippen LogP contribution < -0.4 is 9.46 Å². The fraction of sp³-hybridized carbons (Fsp3) is 0.500. The molecule has 1 saturated carbocycles. The summed E-state index contributed by atoms with van der Waals surface area (Å²) in [6, 6.07) is 5.11. The van der Waals surface area contributed by atoms with E-state index >= 15 is 0 Å². The van der Waals surface area contributed by atoms with E-state index in [9.17, 15) is 8.42 Å². The molecule has 4 nitrogen and oxygen atoms in total. The molecule has 1 aromatic carbocycles. The molecule has 0 aromatic heterocycles. The Morgan fingerprint density at radius 3 is 2.65 bits per heavy atom. The Labute approximate surface area is 102 Å². The molecular weight excluding hydrogens is 238 g/mol. The molecule has 0 heterocycles. The molecule has 0 spiro atoms. The van der Waals surface area contributed by atoms with Crippen molar-refractivity contribution in [2.24, 2.45) is 0 Å². The van der Waals surface area contributed by atoms with E-state index in [-0.39, 0.29) is 6.04 Å². The van der Waals surface area contributed by atoms with Crippen molar-refractivity contribution in [3.8, 4) is 5.75 Å². The first-order valence-electron chi connectivity index (χ1n) is 5.76. The van der Waals surface area contributed by atoms with E-state index in [4.69, 9.17) is 4.74 Å². The van der Waals surface area contributed by atoms with Crippen LogP contribution in [0.15, 0.2) is 23.1 Å². The van der Waals surface area contributed by atoms with Gasteiger partial charge in [0.05, 0.1) is 12.0 Å². The van der Waals surface area contributed by atoms with Crippen LogP contribution in [-0.4, -0.2) is 21.6 Å². The molecule has 0 atom stereocenters. The summed E-state index contributed by atoms with van der Waals surface area (Å²) < 4.78 is 31.8. The van der Waals surface area contributed by atoms with Crippen LogP contribution >= 0.6 is 0 Å². The molecule has 0 unspecified atom stereocenters. The van der Waals surface area contributed by atoms with E-state index in [1.807, 2.05) is 6.92 Å². The maximum absolute atomic E-state index is 12.0. The van der Waals surface area contributed by atoms with E-state index in [0.29, 0.717) is 4.90 Å². The van der Waals surface area contributed by atoms with Crippen LogP contribution in [0.5, 0.6) is 5.75 Å². The first-order valence-corrected chi connectivity index (χ1v) is 7.24. The third-order valence-corrected chi connectivity index (χ3v) is 4.36. The Bertz CT molecular complexity index is 506. The molecule has 0 amide bonds. The lowest BCUT2D eigenvalue weighted by Gasteiger charge is -2.10. The van der Waals surface area contributed by atoms with Crippen LogP contribution in [0.4, 0.5) is 0 Å². The third-order valence-electron chi connectivity index (χ3n) is 2.84.